The summed E-state index contributed by atoms with van der Waals surface area (Å²) in [6.45, 7) is 6.82. The molecule has 0 aliphatic carbocycles. The Morgan fingerprint density at radius 1 is 1.41 bits per heavy atom. The average Bonchev–Trinajstić information content (AvgIpc) is 2.72. The Hall–Kier alpha value is -0.920. The van der Waals surface area contributed by atoms with Gasteiger partial charge in [0.25, 0.3) is 0 Å². The van der Waals surface area contributed by atoms with E-state index in [0.717, 1.165) is 0 Å². The Labute approximate surface area is 102 Å². The summed E-state index contributed by atoms with van der Waals surface area (Å²) in [7, 11) is -3.37. The SMILES string of the molecule is CCn1cc(S(=O)(=O)N2CCNCC2)c(C)n1. The van der Waals surface area contributed by atoms with Crippen LogP contribution < -0.4 is 5.32 Å². The van der Waals surface area contributed by atoms with Gasteiger partial charge in [0.1, 0.15) is 4.90 Å². The first kappa shape index (κ1) is 12.5. The molecule has 1 aliphatic heterocycles. The minimum Gasteiger partial charge on any atom is -0.314 e. The minimum atomic E-state index is -3.37. The summed E-state index contributed by atoms with van der Waals surface area (Å²) in [4.78, 5) is 0.334. The van der Waals surface area contributed by atoms with Crippen LogP contribution in [0.15, 0.2) is 11.1 Å². The number of hydrogen-bond acceptors (Lipinski definition) is 4. The van der Waals surface area contributed by atoms with E-state index in [1.165, 1.54) is 4.31 Å². The van der Waals surface area contributed by atoms with E-state index in [1.54, 1.807) is 17.8 Å². The normalized spacial score (nSPS) is 18.5. The van der Waals surface area contributed by atoms with Crippen molar-refractivity contribution in [3.05, 3.63) is 11.9 Å². The topological polar surface area (TPSA) is 67.2 Å². The molecule has 0 atom stereocenters. The van der Waals surface area contributed by atoms with E-state index in [0.29, 0.717) is 43.3 Å². The monoisotopic (exact) mass is 258 g/mol. The number of nitrogens with one attached hydrogen (secondary N) is 1. The molecular formula is C10H18N4O2S. The van der Waals surface area contributed by atoms with Crippen molar-refractivity contribution in [3.63, 3.8) is 0 Å². The third-order valence-corrected chi connectivity index (χ3v) is 4.92. The highest BCUT2D eigenvalue weighted by atomic mass is 32.2. The first-order valence-corrected chi connectivity index (χ1v) is 7.24. The Bertz CT molecular complexity index is 488. The van der Waals surface area contributed by atoms with Crippen LogP contribution in [-0.2, 0) is 16.6 Å². The van der Waals surface area contributed by atoms with Gasteiger partial charge < -0.3 is 5.32 Å². The summed E-state index contributed by atoms with van der Waals surface area (Å²) in [5, 5.41) is 7.33. The number of sulfonamides is 1. The molecule has 0 aromatic carbocycles. The standard InChI is InChI=1S/C10H18N4O2S/c1-3-13-8-10(9(2)12-13)17(15,16)14-6-4-11-5-7-14/h8,11H,3-7H2,1-2H3. The van der Waals surface area contributed by atoms with Crippen LogP contribution in [-0.4, -0.2) is 48.7 Å². The maximum Gasteiger partial charge on any atom is 0.246 e. The van der Waals surface area contributed by atoms with Crippen molar-refractivity contribution >= 4 is 10.0 Å². The number of nitrogens with zero attached hydrogens (tertiary/aromatic N) is 3. The second-order valence-corrected chi connectivity index (χ2v) is 5.99. The summed E-state index contributed by atoms with van der Waals surface area (Å²) in [6.07, 6.45) is 1.62. The fourth-order valence-corrected chi connectivity index (χ4v) is 3.55. The molecule has 0 saturated carbocycles. The summed E-state index contributed by atoms with van der Waals surface area (Å²) in [6, 6.07) is 0. The molecule has 0 unspecified atom stereocenters. The van der Waals surface area contributed by atoms with E-state index < -0.39 is 10.0 Å². The van der Waals surface area contributed by atoms with Gasteiger partial charge in [-0.1, -0.05) is 0 Å². The molecule has 96 valence electrons. The van der Waals surface area contributed by atoms with Gasteiger partial charge in [0.15, 0.2) is 0 Å². The van der Waals surface area contributed by atoms with Crippen molar-refractivity contribution in [1.29, 1.82) is 0 Å². The van der Waals surface area contributed by atoms with Crippen LogP contribution in [0.3, 0.4) is 0 Å². The van der Waals surface area contributed by atoms with Gasteiger partial charge in [0.2, 0.25) is 10.0 Å². The van der Waals surface area contributed by atoms with E-state index in [9.17, 15) is 8.42 Å². The van der Waals surface area contributed by atoms with E-state index in [-0.39, 0.29) is 0 Å². The maximum absolute atomic E-state index is 12.4. The lowest BCUT2D eigenvalue weighted by Gasteiger charge is -2.26. The maximum atomic E-state index is 12.4. The number of aromatic nitrogens is 2. The number of rotatable bonds is 3. The van der Waals surface area contributed by atoms with Crippen LogP contribution in [0.5, 0.6) is 0 Å². The van der Waals surface area contributed by atoms with Gasteiger partial charge >= 0.3 is 0 Å². The molecule has 1 aromatic rings. The van der Waals surface area contributed by atoms with Crippen LogP contribution in [0.1, 0.15) is 12.6 Å². The van der Waals surface area contributed by atoms with Gasteiger partial charge in [0, 0.05) is 38.9 Å². The molecule has 2 rings (SSSR count). The number of aryl methyl sites for hydroxylation is 2. The molecule has 2 heterocycles. The largest absolute Gasteiger partial charge is 0.314 e. The molecule has 6 nitrogen and oxygen atoms in total. The number of piperazine rings is 1. The average molecular weight is 258 g/mol. The van der Waals surface area contributed by atoms with Crippen molar-refractivity contribution in [2.45, 2.75) is 25.3 Å². The Morgan fingerprint density at radius 3 is 2.59 bits per heavy atom. The smallest absolute Gasteiger partial charge is 0.246 e. The summed E-state index contributed by atoms with van der Waals surface area (Å²) in [5.74, 6) is 0. The van der Waals surface area contributed by atoms with Gasteiger partial charge in [-0.2, -0.15) is 9.40 Å². The van der Waals surface area contributed by atoms with Crippen LogP contribution in [0.4, 0.5) is 0 Å². The summed E-state index contributed by atoms with van der Waals surface area (Å²) < 4.78 is 27.9. The molecule has 1 aliphatic rings. The number of hydrogen-bond donors (Lipinski definition) is 1. The van der Waals surface area contributed by atoms with Gasteiger partial charge in [-0.25, -0.2) is 8.42 Å². The summed E-state index contributed by atoms with van der Waals surface area (Å²) >= 11 is 0. The third kappa shape index (κ3) is 2.36. The molecule has 0 spiro atoms. The highest BCUT2D eigenvalue weighted by Crippen LogP contribution is 2.19. The van der Waals surface area contributed by atoms with Crippen LogP contribution >= 0.6 is 0 Å². The van der Waals surface area contributed by atoms with Crippen molar-refractivity contribution < 1.29 is 8.42 Å². The molecular weight excluding hydrogens is 240 g/mol. The van der Waals surface area contributed by atoms with Gasteiger partial charge in [0.05, 0.1) is 5.69 Å². The van der Waals surface area contributed by atoms with Crippen molar-refractivity contribution in [3.8, 4) is 0 Å². The lowest BCUT2D eigenvalue weighted by atomic mass is 10.4. The molecule has 17 heavy (non-hydrogen) atoms. The van der Waals surface area contributed by atoms with E-state index >= 15 is 0 Å². The van der Waals surface area contributed by atoms with Crippen molar-refractivity contribution in [2.75, 3.05) is 26.2 Å². The fraction of sp³-hybridized carbons (Fsp3) is 0.700. The van der Waals surface area contributed by atoms with Crippen molar-refractivity contribution in [1.82, 2.24) is 19.4 Å². The molecule has 1 saturated heterocycles. The second-order valence-electron chi connectivity index (χ2n) is 4.09. The van der Waals surface area contributed by atoms with Gasteiger partial charge in [-0.05, 0) is 13.8 Å². The zero-order valence-corrected chi connectivity index (χ0v) is 11.0. The first-order valence-electron chi connectivity index (χ1n) is 5.80. The molecule has 0 radical (unpaired) electrons. The molecule has 7 heteroatoms. The first-order chi connectivity index (χ1) is 8.05. The highest BCUT2D eigenvalue weighted by molar-refractivity contribution is 7.89. The van der Waals surface area contributed by atoms with Crippen molar-refractivity contribution in [2.24, 2.45) is 0 Å². The minimum absolute atomic E-state index is 0.334. The van der Waals surface area contributed by atoms with Crippen LogP contribution in [0.2, 0.25) is 0 Å². The molecule has 0 amide bonds. The van der Waals surface area contributed by atoms with Crippen LogP contribution in [0, 0.1) is 6.92 Å². The Morgan fingerprint density at radius 2 is 2.06 bits per heavy atom. The highest BCUT2D eigenvalue weighted by Gasteiger charge is 2.28. The molecule has 1 N–H and O–H groups in total. The predicted octanol–water partition coefficient (Wildman–Crippen LogP) is -0.195. The zero-order valence-electron chi connectivity index (χ0n) is 10.2. The lowest BCUT2D eigenvalue weighted by molar-refractivity contribution is 0.360. The van der Waals surface area contributed by atoms with E-state index in [4.69, 9.17) is 0 Å². The second kappa shape index (κ2) is 4.75. The van der Waals surface area contributed by atoms with E-state index in [1.807, 2.05) is 6.92 Å². The molecule has 1 aromatic heterocycles. The summed E-state index contributed by atoms with van der Waals surface area (Å²) in [5.41, 5.74) is 0.574. The molecule has 0 bridgehead atoms. The predicted molar refractivity (Wildman–Crippen MR) is 64.3 cm³/mol. The van der Waals surface area contributed by atoms with E-state index in [2.05, 4.69) is 10.4 Å². The zero-order chi connectivity index (χ0) is 12.5. The Balaban J connectivity index is 2.33. The molecule has 1 fully saturated rings. The van der Waals surface area contributed by atoms with Gasteiger partial charge in [-0.15, -0.1) is 0 Å². The van der Waals surface area contributed by atoms with Crippen LogP contribution in [0.25, 0.3) is 0 Å². The lowest BCUT2D eigenvalue weighted by Crippen LogP contribution is -2.46. The fourth-order valence-electron chi connectivity index (χ4n) is 1.94. The third-order valence-electron chi connectivity index (χ3n) is 2.92. The Kier molecular flexibility index (Phi) is 3.50. The quantitative estimate of drug-likeness (QED) is 0.815. The van der Waals surface area contributed by atoms with Gasteiger partial charge in [-0.3, -0.25) is 4.68 Å².